The van der Waals surface area contributed by atoms with E-state index in [9.17, 15) is 14.4 Å². The molecule has 7 heteroatoms. The number of anilines is 1. The predicted octanol–water partition coefficient (Wildman–Crippen LogP) is 5.06. The van der Waals surface area contributed by atoms with E-state index in [1.54, 1.807) is 12.1 Å². The summed E-state index contributed by atoms with van der Waals surface area (Å²) in [6.45, 7) is 7.17. The minimum Gasteiger partial charge on any atom is -0.492 e. The van der Waals surface area contributed by atoms with Crippen LogP contribution in [0.5, 0.6) is 5.75 Å². The number of barbiturate groups is 1. The highest BCUT2D eigenvalue weighted by Gasteiger charge is 2.37. The van der Waals surface area contributed by atoms with E-state index in [1.165, 1.54) is 6.08 Å². The molecule has 0 aliphatic carbocycles. The number of benzene rings is 2. The first-order chi connectivity index (χ1) is 16.9. The van der Waals surface area contributed by atoms with E-state index in [2.05, 4.69) is 19.2 Å². The van der Waals surface area contributed by atoms with E-state index >= 15 is 0 Å². The molecule has 35 heavy (non-hydrogen) atoms. The van der Waals surface area contributed by atoms with Crippen LogP contribution in [0, 0.1) is 6.92 Å². The summed E-state index contributed by atoms with van der Waals surface area (Å²) in [6, 6.07) is 18.0. The van der Waals surface area contributed by atoms with E-state index in [0.717, 1.165) is 28.2 Å². The number of amides is 4. The smallest absolute Gasteiger partial charge is 0.335 e. The van der Waals surface area contributed by atoms with Gasteiger partial charge in [0.1, 0.15) is 17.9 Å². The lowest BCUT2D eigenvalue weighted by Gasteiger charge is -2.26. The van der Waals surface area contributed by atoms with Crippen LogP contribution in [0.1, 0.15) is 43.0 Å². The maximum atomic E-state index is 13.2. The Balaban J connectivity index is 1.52. The average Bonchev–Trinajstić information content (AvgIpc) is 3.28. The van der Waals surface area contributed by atoms with E-state index in [0.29, 0.717) is 30.5 Å². The Labute approximate surface area is 205 Å². The van der Waals surface area contributed by atoms with Gasteiger partial charge in [-0.2, -0.15) is 0 Å². The second-order valence-electron chi connectivity index (χ2n) is 8.65. The first kappa shape index (κ1) is 24.0. The van der Waals surface area contributed by atoms with Crippen LogP contribution in [0.15, 0.2) is 72.4 Å². The van der Waals surface area contributed by atoms with Gasteiger partial charge < -0.3 is 9.30 Å². The van der Waals surface area contributed by atoms with Gasteiger partial charge >= 0.3 is 6.03 Å². The normalized spacial score (nSPS) is 15.9. The maximum absolute atomic E-state index is 13.2. The molecular formula is C28H29N3O4. The fourth-order valence-electron chi connectivity index (χ4n) is 3.96. The molecule has 1 aromatic heterocycles. The van der Waals surface area contributed by atoms with Gasteiger partial charge in [0.05, 0.1) is 12.2 Å². The molecule has 1 N–H and O–H groups in total. The van der Waals surface area contributed by atoms with Gasteiger partial charge in [0, 0.05) is 11.9 Å². The van der Waals surface area contributed by atoms with Crippen molar-refractivity contribution in [1.82, 2.24) is 9.88 Å². The second kappa shape index (κ2) is 10.4. The third kappa shape index (κ3) is 5.35. The molecule has 0 radical (unpaired) electrons. The molecule has 1 aliphatic rings. The highest BCUT2D eigenvalue weighted by molar-refractivity contribution is 6.39. The van der Waals surface area contributed by atoms with E-state index < -0.39 is 17.8 Å². The summed E-state index contributed by atoms with van der Waals surface area (Å²) in [6.07, 6.45) is 4.35. The monoisotopic (exact) mass is 471 g/mol. The quantitative estimate of drug-likeness (QED) is 0.368. The first-order valence-corrected chi connectivity index (χ1v) is 11.7. The number of carbonyl (C=O) groups excluding carboxylic acids is 3. The molecule has 180 valence electrons. The molecule has 4 amide bonds. The van der Waals surface area contributed by atoms with Gasteiger partial charge in [0.15, 0.2) is 0 Å². The van der Waals surface area contributed by atoms with Gasteiger partial charge in [0.25, 0.3) is 11.8 Å². The number of hydrogen-bond acceptors (Lipinski definition) is 4. The van der Waals surface area contributed by atoms with Crippen molar-refractivity contribution >= 4 is 29.6 Å². The molecule has 1 unspecified atom stereocenters. The minimum atomic E-state index is -0.754. The lowest BCUT2D eigenvalue weighted by molar-refractivity contribution is -0.122. The summed E-state index contributed by atoms with van der Waals surface area (Å²) in [5.41, 5.74) is 3.22. The number of hydrogen-bond donors (Lipinski definition) is 1. The lowest BCUT2D eigenvalue weighted by Crippen LogP contribution is -2.54. The van der Waals surface area contributed by atoms with Crippen molar-refractivity contribution in [1.29, 1.82) is 0 Å². The molecule has 1 aliphatic heterocycles. The van der Waals surface area contributed by atoms with Crippen LogP contribution in [0.2, 0.25) is 0 Å². The molecule has 7 nitrogen and oxygen atoms in total. The molecule has 2 heterocycles. The predicted molar refractivity (Wildman–Crippen MR) is 135 cm³/mol. The molecule has 3 aromatic rings. The molecular weight excluding hydrogens is 442 g/mol. The zero-order chi connectivity index (χ0) is 24.9. The number of nitrogens with one attached hydrogen (secondary N) is 1. The van der Waals surface area contributed by atoms with Crippen LogP contribution < -0.4 is 15.0 Å². The van der Waals surface area contributed by atoms with Crippen LogP contribution >= 0.6 is 0 Å². The molecule has 4 rings (SSSR count). The SMILES string of the molecule is CCC(C)c1ccc(N2C(=O)NC(=O)/C(=C\c3cccn3CCOc3cccc(C)c3)C2=O)cc1. The molecule has 0 bridgehead atoms. The van der Waals surface area contributed by atoms with Crippen molar-refractivity contribution < 1.29 is 19.1 Å². The third-order valence-electron chi connectivity index (χ3n) is 6.18. The van der Waals surface area contributed by atoms with Gasteiger partial charge in [-0.25, -0.2) is 9.69 Å². The number of ether oxygens (including phenoxy) is 1. The fraction of sp³-hybridized carbons (Fsp3) is 0.250. The highest BCUT2D eigenvalue weighted by Crippen LogP contribution is 2.25. The largest absolute Gasteiger partial charge is 0.492 e. The molecule has 0 spiro atoms. The average molecular weight is 472 g/mol. The Morgan fingerprint density at radius 3 is 2.51 bits per heavy atom. The zero-order valence-electron chi connectivity index (χ0n) is 20.2. The summed E-state index contributed by atoms with van der Waals surface area (Å²) in [5.74, 6) is -0.211. The van der Waals surface area contributed by atoms with E-state index in [1.807, 2.05) is 66.2 Å². The number of imide groups is 2. The number of aromatic nitrogens is 1. The second-order valence-corrected chi connectivity index (χ2v) is 8.65. The summed E-state index contributed by atoms with van der Waals surface area (Å²) in [7, 11) is 0. The number of carbonyl (C=O) groups is 3. The summed E-state index contributed by atoms with van der Waals surface area (Å²) < 4.78 is 7.72. The van der Waals surface area contributed by atoms with Crippen molar-refractivity contribution in [3.05, 3.63) is 89.3 Å². The van der Waals surface area contributed by atoms with Gasteiger partial charge in [-0.05, 0) is 72.9 Å². The summed E-state index contributed by atoms with van der Waals surface area (Å²) in [4.78, 5) is 39.3. The first-order valence-electron chi connectivity index (χ1n) is 11.7. The van der Waals surface area contributed by atoms with E-state index in [-0.39, 0.29) is 5.57 Å². The van der Waals surface area contributed by atoms with Crippen molar-refractivity contribution in [2.24, 2.45) is 0 Å². The number of urea groups is 1. The maximum Gasteiger partial charge on any atom is 0.335 e. The fourth-order valence-corrected chi connectivity index (χ4v) is 3.96. The molecule has 1 fully saturated rings. The van der Waals surface area contributed by atoms with Gasteiger partial charge in [-0.1, -0.05) is 38.1 Å². The Morgan fingerprint density at radius 1 is 1.03 bits per heavy atom. The number of rotatable bonds is 8. The van der Waals surface area contributed by atoms with E-state index in [4.69, 9.17) is 4.74 Å². The highest BCUT2D eigenvalue weighted by atomic mass is 16.5. The molecule has 1 saturated heterocycles. The Kier molecular flexibility index (Phi) is 7.15. The topological polar surface area (TPSA) is 80.6 Å². The van der Waals surface area contributed by atoms with Gasteiger partial charge in [-0.3, -0.25) is 14.9 Å². The van der Waals surface area contributed by atoms with Crippen LogP contribution in [0.4, 0.5) is 10.5 Å². The van der Waals surface area contributed by atoms with Crippen molar-refractivity contribution in [3.8, 4) is 5.75 Å². The van der Waals surface area contributed by atoms with Crippen LogP contribution in [0.25, 0.3) is 6.08 Å². The summed E-state index contributed by atoms with van der Waals surface area (Å²) in [5, 5.41) is 2.28. The van der Waals surface area contributed by atoms with Crippen LogP contribution in [0.3, 0.4) is 0 Å². The third-order valence-corrected chi connectivity index (χ3v) is 6.18. The van der Waals surface area contributed by atoms with Crippen molar-refractivity contribution in [2.45, 2.75) is 39.7 Å². The van der Waals surface area contributed by atoms with Crippen LogP contribution in [-0.4, -0.2) is 29.0 Å². The number of aryl methyl sites for hydroxylation is 1. The lowest BCUT2D eigenvalue weighted by atomic mass is 9.98. The Hall–Kier alpha value is -4.13. The summed E-state index contributed by atoms with van der Waals surface area (Å²) >= 11 is 0. The Morgan fingerprint density at radius 2 is 1.80 bits per heavy atom. The zero-order valence-corrected chi connectivity index (χ0v) is 20.2. The molecule has 2 aromatic carbocycles. The molecule has 0 saturated carbocycles. The van der Waals surface area contributed by atoms with Gasteiger partial charge in [-0.15, -0.1) is 0 Å². The Bertz CT molecular complexity index is 1270. The molecule has 1 atom stereocenters. The standard InChI is InChI=1S/C28H29N3O4/c1-4-20(3)21-10-12-22(13-11-21)31-27(33)25(26(32)29-28(31)34)18-23-8-6-14-30(23)15-16-35-24-9-5-7-19(2)17-24/h5-14,17-18,20H,4,15-16H2,1-3H3,(H,29,32,34)/b25-18+. The minimum absolute atomic E-state index is 0.102. The van der Waals surface area contributed by atoms with Gasteiger partial charge in [0.2, 0.25) is 0 Å². The van der Waals surface area contributed by atoms with Crippen molar-refractivity contribution in [2.75, 3.05) is 11.5 Å². The van der Waals surface area contributed by atoms with Crippen molar-refractivity contribution in [3.63, 3.8) is 0 Å². The number of nitrogens with zero attached hydrogens (tertiary/aromatic N) is 2. The van der Waals surface area contributed by atoms with Crippen LogP contribution in [-0.2, 0) is 16.1 Å².